The molecule has 0 saturated carbocycles. The van der Waals surface area contributed by atoms with Crippen molar-refractivity contribution >= 4 is 35.2 Å². The van der Waals surface area contributed by atoms with Crippen molar-refractivity contribution in [2.45, 2.75) is 18.9 Å². The van der Waals surface area contributed by atoms with Gasteiger partial charge in [0.25, 0.3) is 11.8 Å². The fraction of sp³-hybridized carbons (Fsp3) is 0.478. The molecule has 0 unspecified atom stereocenters. The third kappa shape index (κ3) is 6.35. The van der Waals surface area contributed by atoms with Crippen molar-refractivity contribution in [3.63, 3.8) is 0 Å². The molecule has 2 N–H and O–H groups in total. The number of carbonyl (C=O) groups is 3. The number of piperidine rings is 1. The topological polar surface area (TPSA) is 99.6 Å². The van der Waals surface area contributed by atoms with E-state index in [9.17, 15) is 14.4 Å². The second kappa shape index (κ2) is 10.8. The van der Waals surface area contributed by atoms with Crippen molar-refractivity contribution in [1.82, 2.24) is 24.9 Å². The van der Waals surface area contributed by atoms with E-state index in [4.69, 9.17) is 0 Å². The number of benzene rings is 1. The fourth-order valence-corrected chi connectivity index (χ4v) is 5.03. The van der Waals surface area contributed by atoms with Crippen molar-refractivity contribution in [2.75, 3.05) is 49.5 Å². The minimum Gasteiger partial charge on any atom is -0.349 e. The number of carbonyl (C=O) groups excluding carboxylic acids is 3. The Bertz CT molecular complexity index is 996. The molecule has 1 aromatic carbocycles. The maximum absolute atomic E-state index is 12.7. The molecule has 3 heterocycles. The van der Waals surface area contributed by atoms with Crippen molar-refractivity contribution in [3.05, 3.63) is 47.8 Å². The molecule has 0 radical (unpaired) electrons. The molecule has 0 bridgehead atoms. The molecule has 3 amide bonds. The van der Waals surface area contributed by atoms with E-state index in [1.165, 1.54) is 0 Å². The van der Waals surface area contributed by atoms with E-state index in [2.05, 4.69) is 20.6 Å². The first-order valence-electron chi connectivity index (χ1n) is 11.3. The van der Waals surface area contributed by atoms with Crippen LogP contribution in [0.2, 0.25) is 0 Å². The van der Waals surface area contributed by atoms with Crippen LogP contribution in [0.1, 0.15) is 33.6 Å². The number of aromatic nitrogens is 2. The lowest BCUT2D eigenvalue weighted by molar-refractivity contribution is -0.117. The van der Waals surface area contributed by atoms with Gasteiger partial charge < -0.3 is 15.5 Å². The molecule has 0 atom stereocenters. The van der Waals surface area contributed by atoms with Gasteiger partial charge in [0, 0.05) is 68.2 Å². The molecule has 2 fully saturated rings. The molecule has 1 aromatic heterocycles. The number of hydrogen-bond donors (Lipinski definition) is 2. The molecule has 0 spiro atoms. The normalized spacial score (nSPS) is 17.5. The molecule has 9 nitrogen and oxygen atoms in total. The summed E-state index contributed by atoms with van der Waals surface area (Å²) in [5.41, 5.74) is 1.79. The summed E-state index contributed by atoms with van der Waals surface area (Å²) >= 11 is 1.86. The van der Waals surface area contributed by atoms with Crippen molar-refractivity contribution in [2.24, 2.45) is 7.05 Å². The lowest BCUT2D eigenvalue weighted by Gasteiger charge is -2.31. The van der Waals surface area contributed by atoms with Gasteiger partial charge in [0.2, 0.25) is 5.91 Å². The minimum atomic E-state index is -0.114. The first-order chi connectivity index (χ1) is 16.0. The molecular formula is C23H30N6O3S. The van der Waals surface area contributed by atoms with Crippen LogP contribution in [0.4, 0.5) is 5.69 Å². The highest BCUT2D eigenvalue weighted by Crippen LogP contribution is 2.17. The summed E-state index contributed by atoms with van der Waals surface area (Å²) in [6, 6.07) is 7.25. The van der Waals surface area contributed by atoms with Gasteiger partial charge in [-0.3, -0.25) is 24.0 Å². The lowest BCUT2D eigenvalue weighted by atomic mass is 10.0. The molecule has 2 saturated heterocycles. The quantitative estimate of drug-likeness (QED) is 0.663. The molecule has 4 rings (SSSR count). The van der Waals surface area contributed by atoms with E-state index in [0.717, 1.165) is 50.5 Å². The Balaban J connectivity index is 1.23. The zero-order valence-electron chi connectivity index (χ0n) is 18.8. The molecule has 33 heavy (non-hydrogen) atoms. The number of nitrogens with one attached hydrogen (secondary N) is 2. The Hall–Kier alpha value is -2.85. The number of amides is 3. The smallest absolute Gasteiger partial charge is 0.254 e. The van der Waals surface area contributed by atoms with Gasteiger partial charge in [0.05, 0.1) is 18.3 Å². The van der Waals surface area contributed by atoms with Gasteiger partial charge in [0.1, 0.15) is 0 Å². The van der Waals surface area contributed by atoms with E-state index >= 15 is 0 Å². The summed E-state index contributed by atoms with van der Waals surface area (Å²) in [7, 11) is 1.78. The Morgan fingerprint density at radius 2 is 1.85 bits per heavy atom. The van der Waals surface area contributed by atoms with Gasteiger partial charge in [-0.15, -0.1) is 0 Å². The van der Waals surface area contributed by atoms with E-state index in [1.54, 1.807) is 48.4 Å². The van der Waals surface area contributed by atoms with Crippen LogP contribution < -0.4 is 10.6 Å². The predicted molar refractivity (Wildman–Crippen MR) is 128 cm³/mol. The minimum absolute atomic E-state index is 0.0156. The Labute approximate surface area is 197 Å². The third-order valence-corrected chi connectivity index (χ3v) is 6.89. The number of aryl methyl sites for hydroxylation is 1. The Morgan fingerprint density at radius 3 is 2.55 bits per heavy atom. The number of anilines is 1. The molecule has 2 aliphatic heterocycles. The van der Waals surface area contributed by atoms with E-state index in [1.807, 2.05) is 16.7 Å². The van der Waals surface area contributed by atoms with Crippen LogP contribution in [-0.4, -0.2) is 87.6 Å². The standard InChI is InChI=1S/C23H30N6O3S/c1-27-15-18(14-24-27)22(31)26-19-5-7-28(8-6-19)16-21(30)25-20-4-2-3-17(13-20)23(32)29-9-11-33-12-10-29/h2-4,13-15,19H,5-12,16H2,1H3,(H,25,30)(H,26,31). The highest BCUT2D eigenvalue weighted by Gasteiger charge is 2.23. The highest BCUT2D eigenvalue weighted by molar-refractivity contribution is 7.99. The molecule has 0 aliphatic carbocycles. The molecule has 2 aromatic rings. The fourth-order valence-electron chi connectivity index (χ4n) is 4.13. The summed E-state index contributed by atoms with van der Waals surface area (Å²) in [5, 5.41) is 10.00. The largest absolute Gasteiger partial charge is 0.349 e. The van der Waals surface area contributed by atoms with E-state index in [-0.39, 0.29) is 30.3 Å². The SMILES string of the molecule is Cn1cc(C(=O)NC2CCN(CC(=O)Nc3cccc(C(=O)N4CCSCC4)c3)CC2)cn1. The second-order valence-electron chi connectivity index (χ2n) is 8.46. The van der Waals surface area contributed by atoms with Crippen LogP contribution >= 0.6 is 11.8 Å². The van der Waals surface area contributed by atoms with Crippen LogP contribution in [0.15, 0.2) is 36.7 Å². The summed E-state index contributed by atoms with van der Waals surface area (Å²) in [4.78, 5) is 41.5. The Kier molecular flexibility index (Phi) is 7.66. The molecule has 10 heteroatoms. The molecule has 176 valence electrons. The maximum Gasteiger partial charge on any atom is 0.254 e. The maximum atomic E-state index is 12.7. The van der Waals surface area contributed by atoms with Crippen LogP contribution in [-0.2, 0) is 11.8 Å². The van der Waals surface area contributed by atoms with Gasteiger partial charge in [0.15, 0.2) is 0 Å². The van der Waals surface area contributed by atoms with Crippen LogP contribution in [0.3, 0.4) is 0 Å². The second-order valence-corrected chi connectivity index (χ2v) is 9.68. The number of nitrogens with zero attached hydrogens (tertiary/aromatic N) is 4. The summed E-state index contributed by atoms with van der Waals surface area (Å²) < 4.78 is 1.61. The number of rotatable bonds is 6. The first-order valence-corrected chi connectivity index (χ1v) is 12.4. The van der Waals surface area contributed by atoms with Crippen LogP contribution in [0.25, 0.3) is 0 Å². The van der Waals surface area contributed by atoms with Gasteiger partial charge in [-0.2, -0.15) is 16.9 Å². The van der Waals surface area contributed by atoms with Crippen molar-refractivity contribution in [3.8, 4) is 0 Å². The zero-order valence-corrected chi connectivity index (χ0v) is 19.6. The van der Waals surface area contributed by atoms with Crippen LogP contribution in [0.5, 0.6) is 0 Å². The number of hydrogen-bond acceptors (Lipinski definition) is 6. The van der Waals surface area contributed by atoms with E-state index < -0.39 is 0 Å². The van der Waals surface area contributed by atoms with Gasteiger partial charge >= 0.3 is 0 Å². The zero-order chi connectivity index (χ0) is 23.2. The summed E-state index contributed by atoms with van der Waals surface area (Å²) in [6.07, 6.45) is 4.83. The predicted octanol–water partition coefficient (Wildman–Crippen LogP) is 1.44. The monoisotopic (exact) mass is 470 g/mol. The van der Waals surface area contributed by atoms with E-state index in [0.29, 0.717) is 16.8 Å². The number of likely N-dealkylation sites (tertiary alicyclic amines) is 1. The lowest BCUT2D eigenvalue weighted by Crippen LogP contribution is -2.46. The molecular weight excluding hydrogens is 440 g/mol. The summed E-state index contributed by atoms with van der Waals surface area (Å²) in [6.45, 7) is 3.27. The van der Waals surface area contributed by atoms with Gasteiger partial charge in [-0.25, -0.2) is 0 Å². The summed E-state index contributed by atoms with van der Waals surface area (Å²) in [5.74, 6) is 1.73. The third-order valence-electron chi connectivity index (χ3n) is 5.95. The first kappa shape index (κ1) is 23.3. The van der Waals surface area contributed by atoms with Gasteiger partial charge in [-0.1, -0.05) is 6.07 Å². The average molecular weight is 471 g/mol. The molecule has 2 aliphatic rings. The van der Waals surface area contributed by atoms with Crippen molar-refractivity contribution in [1.29, 1.82) is 0 Å². The van der Waals surface area contributed by atoms with Crippen LogP contribution in [0, 0.1) is 0 Å². The van der Waals surface area contributed by atoms with Crippen molar-refractivity contribution < 1.29 is 14.4 Å². The van der Waals surface area contributed by atoms with Gasteiger partial charge in [-0.05, 0) is 31.0 Å². The number of thioether (sulfide) groups is 1. The average Bonchev–Trinajstić information content (AvgIpc) is 3.27. The highest BCUT2D eigenvalue weighted by atomic mass is 32.2. The Morgan fingerprint density at radius 1 is 1.09 bits per heavy atom.